The van der Waals surface area contributed by atoms with E-state index in [-0.39, 0.29) is 11.8 Å². The number of likely N-dealkylation sites (tertiary alicyclic amines) is 1. The smallest absolute Gasteiger partial charge is 0.255 e. The molecule has 0 atom stereocenters. The van der Waals surface area contributed by atoms with Gasteiger partial charge in [-0.05, 0) is 62.2 Å². The average molecular weight is 366 g/mol. The fourth-order valence-electron chi connectivity index (χ4n) is 3.26. The van der Waals surface area contributed by atoms with Gasteiger partial charge in [-0.3, -0.25) is 9.59 Å². The Bertz CT molecular complexity index is 778. The minimum Gasteiger partial charge on any atom is -0.494 e. The van der Waals surface area contributed by atoms with Crippen molar-refractivity contribution in [3.05, 3.63) is 59.7 Å². The number of carbonyl (C=O) groups excluding carboxylic acids is 2. The maximum Gasteiger partial charge on any atom is 0.255 e. The van der Waals surface area contributed by atoms with Gasteiger partial charge >= 0.3 is 0 Å². The van der Waals surface area contributed by atoms with E-state index in [1.807, 2.05) is 11.8 Å². The molecule has 5 nitrogen and oxygen atoms in total. The zero-order valence-corrected chi connectivity index (χ0v) is 15.7. The van der Waals surface area contributed by atoms with Gasteiger partial charge in [0, 0.05) is 29.9 Å². The molecule has 0 unspecified atom stereocenters. The van der Waals surface area contributed by atoms with Crippen molar-refractivity contribution in [1.82, 2.24) is 4.90 Å². The predicted molar refractivity (Wildman–Crippen MR) is 106 cm³/mol. The summed E-state index contributed by atoms with van der Waals surface area (Å²) in [4.78, 5) is 27.1. The molecule has 1 N–H and O–H groups in total. The van der Waals surface area contributed by atoms with Crippen LogP contribution in [0.5, 0.6) is 5.75 Å². The van der Waals surface area contributed by atoms with E-state index >= 15 is 0 Å². The molecule has 0 spiro atoms. The lowest BCUT2D eigenvalue weighted by Gasteiger charge is -2.20. The number of amides is 2. The Morgan fingerprint density at radius 2 is 1.67 bits per heavy atom. The molecule has 2 amide bonds. The Labute approximate surface area is 160 Å². The molecule has 0 radical (unpaired) electrons. The maximum atomic E-state index is 12.8. The van der Waals surface area contributed by atoms with Crippen molar-refractivity contribution in [3.8, 4) is 5.75 Å². The highest BCUT2D eigenvalue weighted by atomic mass is 16.5. The molecule has 0 bridgehead atoms. The van der Waals surface area contributed by atoms with Crippen LogP contribution in [-0.2, 0) is 0 Å². The summed E-state index contributed by atoms with van der Waals surface area (Å²) in [6.07, 6.45) is 4.48. The molecule has 5 heteroatoms. The van der Waals surface area contributed by atoms with Crippen LogP contribution in [0.3, 0.4) is 0 Å². The number of nitrogens with one attached hydrogen (secondary N) is 1. The first-order valence-electron chi connectivity index (χ1n) is 9.61. The molecule has 3 rings (SSSR count). The molecule has 27 heavy (non-hydrogen) atoms. The minimum absolute atomic E-state index is 0.0362. The van der Waals surface area contributed by atoms with Crippen molar-refractivity contribution in [2.45, 2.75) is 32.6 Å². The van der Waals surface area contributed by atoms with Gasteiger partial charge in [0.05, 0.1) is 6.61 Å². The van der Waals surface area contributed by atoms with Crippen molar-refractivity contribution in [3.63, 3.8) is 0 Å². The summed E-state index contributed by atoms with van der Waals surface area (Å²) in [5, 5.41) is 2.87. The summed E-state index contributed by atoms with van der Waals surface area (Å²) < 4.78 is 5.39. The van der Waals surface area contributed by atoms with Gasteiger partial charge < -0.3 is 15.0 Å². The Balaban J connectivity index is 1.67. The first-order valence-corrected chi connectivity index (χ1v) is 9.61. The monoisotopic (exact) mass is 366 g/mol. The van der Waals surface area contributed by atoms with Gasteiger partial charge in [-0.15, -0.1) is 0 Å². The molecule has 1 saturated heterocycles. The molecule has 142 valence electrons. The van der Waals surface area contributed by atoms with E-state index in [1.165, 1.54) is 12.8 Å². The molecular weight excluding hydrogens is 340 g/mol. The van der Waals surface area contributed by atoms with E-state index in [9.17, 15) is 9.59 Å². The van der Waals surface area contributed by atoms with E-state index in [2.05, 4.69) is 5.32 Å². The number of rotatable bonds is 5. The van der Waals surface area contributed by atoms with Crippen LogP contribution >= 0.6 is 0 Å². The topological polar surface area (TPSA) is 58.6 Å². The normalized spacial score (nSPS) is 14.3. The summed E-state index contributed by atoms with van der Waals surface area (Å²) in [5.74, 6) is 0.561. The third-order valence-electron chi connectivity index (χ3n) is 4.69. The number of hydrogen-bond donors (Lipinski definition) is 1. The second-order valence-corrected chi connectivity index (χ2v) is 6.70. The van der Waals surface area contributed by atoms with Crippen LogP contribution < -0.4 is 10.1 Å². The number of benzene rings is 2. The Hall–Kier alpha value is -2.82. The molecule has 2 aromatic rings. The lowest BCUT2D eigenvalue weighted by Crippen LogP contribution is -2.31. The highest BCUT2D eigenvalue weighted by Gasteiger charge is 2.17. The van der Waals surface area contributed by atoms with Crippen molar-refractivity contribution >= 4 is 17.5 Å². The van der Waals surface area contributed by atoms with Crippen LogP contribution in [0, 0.1) is 0 Å². The lowest BCUT2D eigenvalue weighted by atomic mass is 10.1. The summed E-state index contributed by atoms with van der Waals surface area (Å²) in [6, 6.07) is 14.2. The minimum atomic E-state index is -0.211. The zero-order valence-electron chi connectivity index (χ0n) is 15.7. The summed E-state index contributed by atoms with van der Waals surface area (Å²) in [6.45, 7) is 4.12. The van der Waals surface area contributed by atoms with E-state index < -0.39 is 0 Å². The molecule has 1 fully saturated rings. The Morgan fingerprint density at radius 3 is 2.33 bits per heavy atom. The highest BCUT2D eigenvalue weighted by Crippen LogP contribution is 2.18. The van der Waals surface area contributed by atoms with Crippen LogP contribution in [0.15, 0.2) is 48.5 Å². The summed E-state index contributed by atoms with van der Waals surface area (Å²) in [7, 11) is 0. The fraction of sp³-hybridized carbons (Fsp3) is 0.364. The number of ether oxygens (including phenoxy) is 1. The van der Waals surface area contributed by atoms with Crippen LogP contribution in [0.1, 0.15) is 53.3 Å². The second kappa shape index (κ2) is 9.21. The first-order chi connectivity index (χ1) is 13.2. The van der Waals surface area contributed by atoms with Crippen molar-refractivity contribution in [2.24, 2.45) is 0 Å². The van der Waals surface area contributed by atoms with E-state index in [1.54, 1.807) is 48.5 Å². The number of hydrogen-bond acceptors (Lipinski definition) is 3. The van der Waals surface area contributed by atoms with Crippen molar-refractivity contribution in [1.29, 1.82) is 0 Å². The van der Waals surface area contributed by atoms with Gasteiger partial charge in [0.1, 0.15) is 5.75 Å². The fourth-order valence-corrected chi connectivity index (χ4v) is 3.26. The molecule has 0 aliphatic carbocycles. The second-order valence-electron chi connectivity index (χ2n) is 6.70. The van der Waals surface area contributed by atoms with Gasteiger partial charge in [-0.1, -0.05) is 18.9 Å². The van der Waals surface area contributed by atoms with E-state index in [0.29, 0.717) is 23.4 Å². The van der Waals surface area contributed by atoms with Crippen LogP contribution in [0.4, 0.5) is 5.69 Å². The summed E-state index contributed by atoms with van der Waals surface area (Å²) in [5.41, 5.74) is 1.78. The van der Waals surface area contributed by atoms with Gasteiger partial charge in [-0.25, -0.2) is 0 Å². The highest BCUT2D eigenvalue weighted by molar-refractivity contribution is 6.05. The molecule has 2 aromatic carbocycles. The largest absolute Gasteiger partial charge is 0.494 e. The SMILES string of the molecule is CCOc1ccc(C(=O)Nc2cccc(C(=O)N3CCCCCC3)c2)cc1. The Kier molecular flexibility index (Phi) is 6.47. The van der Waals surface area contributed by atoms with Gasteiger partial charge in [0.25, 0.3) is 11.8 Å². The third-order valence-corrected chi connectivity index (χ3v) is 4.69. The van der Waals surface area contributed by atoms with Crippen LogP contribution in [0.2, 0.25) is 0 Å². The molecule has 1 aliphatic rings. The number of carbonyl (C=O) groups is 2. The average Bonchev–Trinajstić information content (AvgIpc) is 2.98. The van der Waals surface area contributed by atoms with Gasteiger partial charge in [-0.2, -0.15) is 0 Å². The summed E-state index contributed by atoms with van der Waals surface area (Å²) >= 11 is 0. The Morgan fingerprint density at radius 1 is 0.963 bits per heavy atom. The molecule has 1 aliphatic heterocycles. The zero-order chi connectivity index (χ0) is 19.1. The van der Waals surface area contributed by atoms with E-state index in [0.717, 1.165) is 31.7 Å². The van der Waals surface area contributed by atoms with Gasteiger partial charge in [0.2, 0.25) is 0 Å². The molecule has 0 aromatic heterocycles. The third kappa shape index (κ3) is 5.09. The number of anilines is 1. The molecule has 1 heterocycles. The standard InChI is InChI=1S/C22H26N2O3/c1-2-27-20-12-10-17(11-13-20)21(25)23-19-9-7-8-18(16-19)22(26)24-14-5-3-4-6-15-24/h7-13,16H,2-6,14-15H2,1H3,(H,23,25). The first kappa shape index (κ1) is 19.0. The van der Waals surface area contributed by atoms with Crippen LogP contribution in [0.25, 0.3) is 0 Å². The maximum absolute atomic E-state index is 12.8. The van der Waals surface area contributed by atoms with E-state index in [4.69, 9.17) is 4.74 Å². The predicted octanol–water partition coefficient (Wildman–Crippen LogP) is 4.35. The quantitative estimate of drug-likeness (QED) is 0.856. The molecule has 0 saturated carbocycles. The number of nitrogens with zero attached hydrogens (tertiary/aromatic N) is 1. The lowest BCUT2D eigenvalue weighted by molar-refractivity contribution is 0.0761. The van der Waals surface area contributed by atoms with Crippen molar-refractivity contribution in [2.75, 3.05) is 25.0 Å². The van der Waals surface area contributed by atoms with Crippen molar-refractivity contribution < 1.29 is 14.3 Å². The van der Waals surface area contributed by atoms with Crippen LogP contribution in [-0.4, -0.2) is 36.4 Å². The van der Waals surface area contributed by atoms with Gasteiger partial charge in [0.15, 0.2) is 0 Å². The molecular formula is C22H26N2O3.